The van der Waals surface area contributed by atoms with Crippen molar-refractivity contribution in [3.63, 3.8) is 0 Å². The monoisotopic (exact) mass is 429 g/mol. The number of likely N-dealkylation sites (tertiary alicyclic amines) is 1. The molecule has 0 saturated carbocycles. The number of ketones is 1. The Bertz CT molecular complexity index is 937. The van der Waals surface area contributed by atoms with Gasteiger partial charge in [-0.2, -0.15) is 0 Å². The molecule has 0 spiro atoms. The minimum absolute atomic E-state index is 0.0423. The molecule has 3 rings (SSSR count). The molecule has 1 unspecified atom stereocenters. The lowest BCUT2D eigenvalue weighted by molar-refractivity contribution is -0.140. The zero-order valence-corrected chi connectivity index (χ0v) is 17.7. The summed E-state index contributed by atoms with van der Waals surface area (Å²) < 4.78 is 10.7. The normalized spacial score (nSPS) is 18.1. The average Bonchev–Trinajstić information content (AvgIpc) is 3.01. The first kappa shape index (κ1) is 21.9. The van der Waals surface area contributed by atoms with Crippen LogP contribution in [0.3, 0.4) is 0 Å². The summed E-state index contributed by atoms with van der Waals surface area (Å²) in [5, 5.41) is 11.5. The Morgan fingerprint density at radius 1 is 1.07 bits per heavy atom. The van der Waals surface area contributed by atoms with Crippen LogP contribution >= 0.6 is 11.6 Å². The molecule has 30 heavy (non-hydrogen) atoms. The maximum Gasteiger partial charge on any atom is 0.295 e. The molecule has 1 heterocycles. The van der Waals surface area contributed by atoms with E-state index in [1.807, 2.05) is 6.92 Å². The van der Waals surface area contributed by atoms with E-state index in [1.54, 1.807) is 48.5 Å². The van der Waals surface area contributed by atoms with Gasteiger partial charge in [-0.25, -0.2) is 0 Å². The summed E-state index contributed by atoms with van der Waals surface area (Å²) >= 11 is 6.00. The Morgan fingerprint density at radius 2 is 1.73 bits per heavy atom. The molecule has 1 aliphatic heterocycles. The molecule has 0 aliphatic carbocycles. The van der Waals surface area contributed by atoms with Crippen LogP contribution in [0.15, 0.2) is 54.1 Å². The van der Waals surface area contributed by atoms with E-state index in [1.165, 1.54) is 12.0 Å². The fourth-order valence-electron chi connectivity index (χ4n) is 3.38. The second-order valence-electron chi connectivity index (χ2n) is 6.91. The molecular formula is C23H24ClNO5. The molecule has 1 fully saturated rings. The Kier molecular flexibility index (Phi) is 7.13. The maximum atomic E-state index is 12.9. The van der Waals surface area contributed by atoms with E-state index in [-0.39, 0.29) is 24.5 Å². The number of Topliss-reactive ketones (excluding diaryl/α,β-unsaturated/α-hetero) is 1. The fourth-order valence-corrected chi connectivity index (χ4v) is 3.50. The van der Waals surface area contributed by atoms with Gasteiger partial charge in [0.15, 0.2) is 0 Å². The third kappa shape index (κ3) is 4.50. The minimum Gasteiger partial charge on any atom is -0.507 e. The van der Waals surface area contributed by atoms with E-state index in [4.69, 9.17) is 21.1 Å². The van der Waals surface area contributed by atoms with Crippen LogP contribution in [-0.4, -0.2) is 48.6 Å². The molecule has 1 atom stereocenters. The second-order valence-corrected chi connectivity index (χ2v) is 7.35. The van der Waals surface area contributed by atoms with Gasteiger partial charge in [-0.15, -0.1) is 0 Å². The highest BCUT2D eigenvalue weighted by atomic mass is 35.5. The van der Waals surface area contributed by atoms with E-state index in [2.05, 4.69) is 0 Å². The number of carbonyl (C=O) groups excluding carboxylic acids is 2. The molecule has 2 aromatic rings. The summed E-state index contributed by atoms with van der Waals surface area (Å²) in [6.45, 7) is 3.08. The Balaban J connectivity index is 2.04. The summed E-state index contributed by atoms with van der Waals surface area (Å²) in [5.41, 5.74) is 1.15. The molecule has 1 aliphatic rings. The number of amides is 1. The highest BCUT2D eigenvalue weighted by Crippen LogP contribution is 2.39. The predicted molar refractivity (Wildman–Crippen MR) is 115 cm³/mol. The van der Waals surface area contributed by atoms with Crippen LogP contribution in [0.1, 0.15) is 30.5 Å². The zero-order valence-electron chi connectivity index (χ0n) is 16.9. The van der Waals surface area contributed by atoms with Crippen molar-refractivity contribution in [1.29, 1.82) is 0 Å². The number of carbonyl (C=O) groups is 2. The van der Waals surface area contributed by atoms with Gasteiger partial charge in [0, 0.05) is 24.2 Å². The number of hydrogen-bond donors (Lipinski definition) is 1. The first-order valence-corrected chi connectivity index (χ1v) is 10.1. The molecule has 6 nitrogen and oxygen atoms in total. The van der Waals surface area contributed by atoms with Gasteiger partial charge in [0.05, 0.1) is 24.8 Å². The van der Waals surface area contributed by atoms with Crippen molar-refractivity contribution in [2.24, 2.45) is 0 Å². The van der Waals surface area contributed by atoms with E-state index >= 15 is 0 Å². The van der Waals surface area contributed by atoms with Gasteiger partial charge in [-0.3, -0.25) is 9.59 Å². The zero-order chi connectivity index (χ0) is 21.7. The summed E-state index contributed by atoms with van der Waals surface area (Å²) in [7, 11) is 1.52. The number of ether oxygens (including phenoxy) is 2. The van der Waals surface area contributed by atoms with Crippen LogP contribution in [0.5, 0.6) is 5.75 Å². The third-order valence-corrected chi connectivity index (χ3v) is 5.11. The van der Waals surface area contributed by atoms with Gasteiger partial charge in [-0.1, -0.05) is 30.7 Å². The summed E-state index contributed by atoms with van der Waals surface area (Å²) in [5.74, 6) is -0.954. The van der Waals surface area contributed by atoms with E-state index in [0.717, 1.165) is 6.42 Å². The molecule has 0 radical (unpaired) electrons. The number of nitrogens with zero attached hydrogens (tertiary/aromatic N) is 1. The molecule has 1 saturated heterocycles. The standard InChI is InChI=1S/C23H24ClNO5/c1-3-13-30-18-10-6-16(7-11-18)21(26)19-20(15-4-8-17(24)9-5-15)25(12-14-29-2)23(28)22(19)27/h4-11,20,26H,3,12-14H2,1-2H3/b21-19-. The number of rotatable bonds is 8. The van der Waals surface area contributed by atoms with Gasteiger partial charge in [-0.05, 0) is 48.4 Å². The van der Waals surface area contributed by atoms with Gasteiger partial charge in [0.2, 0.25) is 0 Å². The van der Waals surface area contributed by atoms with E-state index in [9.17, 15) is 14.7 Å². The van der Waals surface area contributed by atoms with Crippen molar-refractivity contribution in [3.8, 4) is 5.75 Å². The highest BCUT2D eigenvalue weighted by Gasteiger charge is 2.45. The molecular weight excluding hydrogens is 406 g/mol. The lowest BCUT2D eigenvalue weighted by atomic mass is 9.95. The second kappa shape index (κ2) is 9.78. The lowest BCUT2D eigenvalue weighted by Gasteiger charge is -2.25. The van der Waals surface area contributed by atoms with Crippen LogP contribution in [0.2, 0.25) is 5.02 Å². The van der Waals surface area contributed by atoms with Crippen molar-refractivity contribution < 1.29 is 24.2 Å². The largest absolute Gasteiger partial charge is 0.507 e. The summed E-state index contributed by atoms with van der Waals surface area (Å²) in [4.78, 5) is 27.0. The molecule has 7 heteroatoms. The Hall–Kier alpha value is -2.83. The third-order valence-electron chi connectivity index (χ3n) is 4.86. The number of benzene rings is 2. The molecule has 2 aromatic carbocycles. The predicted octanol–water partition coefficient (Wildman–Crippen LogP) is 4.20. The van der Waals surface area contributed by atoms with Gasteiger partial charge >= 0.3 is 0 Å². The van der Waals surface area contributed by atoms with Gasteiger partial charge in [0.25, 0.3) is 11.7 Å². The van der Waals surface area contributed by atoms with Crippen molar-refractivity contribution in [2.45, 2.75) is 19.4 Å². The number of aliphatic hydroxyl groups is 1. The first-order chi connectivity index (χ1) is 14.5. The SMILES string of the molecule is CCCOc1ccc(/C(O)=C2/C(=O)C(=O)N(CCOC)C2c2ccc(Cl)cc2)cc1. The highest BCUT2D eigenvalue weighted by molar-refractivity contribution is 6.46. The number of methoxy groups -OCH3 is 1. The van der Waals surface area contributed by atoms with E-state index in [0.29, 0.717) is 28.5 Å². The maximum absolute atomic E-state index is 12.9. The summed E-state index contributed by atoms with van der Waals surface area (Å²) in [6.07, 6.45) is 0.883. The number of halogens is 1. The number of aliphatic hydroxyl groups excluding tert-OH is 1. The van der Waals surface area contributed by atoms with Crippen LogP contribution in [0, 0.1) is 0 Å². The first-order valence-electron chi connectivity index (χ1n) is 9.74. The molecule has 1 amide bonds. The van der Waals surface area contributed by atoms with Crippen molar-refractivity contribution in [2.75, 3.05) is 26.9 Å². The Morgan fingerprint density at radius 3 is 2.33 bits per heavy atom. The fraction of sp³-hybridized carbons (Fsp3) is 0.304. The van der Waals surface area contributed by atoms with E-state index < -0.39 is 17.7 Å². The lowest BCUT2D eigenvalue weighted by Crippen LogP contribution is -2.32. The van der Waals surface area contributed by atoms with Crippen LogP contribution in [0.4, 0.5) is 0 Å². The Labute approximate surface area is 180 Å². The minimum atomic E-state index is -0.728. The van der Waals surface area contributed by atoms with Crippen molar-refractivity contribution >= 4 is 29.1 Å². The molecule has 0 bridgehead atoms. The molecule has 158 valence electrons. The molecule has 1 N–H and O–H groups in total. The van der Waals surface area contributed by atoms with Crippen LogP contribution in [-0.2, 0) is 14.3 Å². The smallest absolute Gasteiger partial charge is 0.295 e. The molecule has 0 aromatic heterocycles. The number of hydrogen-bond acceptors (Lipinski definition) is 5. The van der Waals surface area contributed by atoms with Gasteiger partial charge in [0.1, 0.15) is 11.5 Å². The average molecular weight is 430 g/mol. The quantitative estimate of drug-likeness (QED) is 0.386. The van der Waals surface area contributed by atoms with Gasteiger partial charge < -0.3 is 19.5 Å². The van der Waals surface area contributed by atoms with Crippen molar-refractivity contribution in [3.05, 3.63) is 70.3 Å². The summed E-state index contributed by atoms with van der Waals surface area (Å²) in [6, 6.07) is 12.9. The van der Waals surface area contributed by atoms with Crippen LogP contribution < -0.4 is 4.74 Å². The van der Waals surface area contributed by atoms with Crippen LogP contribution in [0.25, 0.3) is 5.76 Å². The topological polar surface area (TPSA) is 76.1 Å². The van der Waals surface area contributed by atoms with Crippen molar-refractivity contribution in [1.82, 2.24) is 4.90 Å².